The maximum atomic E-state index is 12.5. The quantitative estimate of drug-likeness (QED) is 0.627. The molecule has 0 radical (unpaired) electrons. The number of nitrogens with one attached hydrogen (secondary N) is 2. The molecule has 0 saturated heterocycles. The van der Waals surface area contributed by atoms with Gasteiger partial charge in [0.05, 0.1) is 12.6 Å². The summed E-state index contributed by atoms with van der Waals surface area (Å²) in [6, 6.07) is 4.48. The number of anilines is 1. The first-order valence-corrected chi connectivity index (χ1v) is 9.48. The lowest BCUT2D eigenvalue weighted by molar-refractivity contribution is -0.120. The second kappa shape index (κ2) is 8.35. The highest BCUT2D eigenvalue weighted by molar-refractivity contribution is 7.89. The van der Waals surface area contributed by atoms with E-state index < -0.39 is 15.6 Å². The van der Waals surface area contributed by atoms with E-state index >= 15 is 0 Å². The Labute approximate surface area is 155 Å². The predicted octanol–water partition coefficient (Wildman–Crippen LogP) is 2.01. The van der Waals surface area contributed by atoms with Crippen molar-refractivity contribution < 1.29 is 17.9 Å². The molecule has 25 heavy (non-hydrogen) atoms. The number of rotatable bonds is 8. The largest absolute Gasteiger partial charge is 0.495 e. The number of ether oxygens (including phenoxy) is 1. The van der Waals surface area contributed by atoms with Gasteiger partial charge in [-0.15, -0.1) is 12.4 Å². The van der Waals surface area contributed by atoms with Gasteiger partial charge in [0.25, 0.3) is 0 Å². The van der Waals surface area contributed by atoms with Gasteiger partial charge in [-0.3, -0.25) is 4.79 Å². The van der Waals surface area contributed by atoms with Gasteiger partial charge in [-0.2, -0.15) is 0 Å². The van der Waals surface area contributed by atoms with Gasteiger partial charge in [0.15, 0.2) is 0 Å². The van der Waals surface area contributed by atoms with Crippen LogP contribution in [0.4, 0.5) is 5.69 Å². The number of benzene rings is 1. The Bertz CT molecular complexity index is 718. The van der Waals surface area contributed by atoms with Gasteiger partial charge in [-0.25, -0.2) is 13.1 Å². The van der Waals surface area contributed by atoms with E-state index in [0.29, 0.717) is 12.1 Å². The van der Waals surface area contributed by atoms with Crippen molar-refractivity contribution in [2.45, 2.75) is 56.0 Å². The third kappa shape index (κ3) is 5.57. The minimum Gasteiger partial charge on any atom is -0.495 e. The third-order valence-corrected chi connectivity index (χ3v) is 5.44. The number of halogens is 1. The molecule has 7 nitrogen and oxygen atoms in total. The van der Waals surface area contributed by atoms with E-state index in [9.17, 15) is 13.2 Å². The van der Waals surface area contributed by atoms with Gasteiger partial charge in [0.2, 0.25) is 15.9 Å². The molecule has 1 aliphatic rings. The molecule has 0 heterocycles. The van der Waals surface area contributed by atoms with E-state index in [-0.39, 0.29) is 35.0 Å². The number of carbonyl (C=O) groups is 1. The molecular weight excluding hydrogens is 366 g/mol. The van der Waals surface area contributed by atoms with Crippen LogP contribution in [-0.2, 0) is 14.8 Å². The average molecular weight is 392 g/mol. The van der Waals surface area contributed by atoms with E-state index in [1.807, 2.05) is 6.92 Å². The topological polar surface area (TPSA) is 111 Å². The SMILES string of the molecule is CCCC(C)(N)C(=O)Nc1ccc(OC)c(S(=O)(=O)NC2CC2)c1.Cl. The van der Waals surface area contributed by atoms with Crippen LogP contribution in [0.3, 0.4) is 0 Å². The number of hydrogen-bond acceptors (Lipinski definition) is 5. The maximum absolute atomic E-state index is 12.5. The lowest BCUT2D eigenvalue weighted by atomic mass is 9.96. The van der Waals surface area contributed by atoms with Crippen LogP contribution in [0.5, 0.6) is 5.75 Å². The van der Waals surface area contributed by atoms with Gasteiger partial charge in [0.1, 0.15) is 10.6 Å². The molecule has 4 N–H and O–H groups in total. The fourth-order valence-corrected chi connectivity index (χ4v) is 3.86. The molecule has 1 aromatic carbocycles. The molecule has 0 aromatic heterocycles. The molecule has 2 rings (SSSR count). The summed E-state index contributed by atoms with van der Waals surface area (Å²) in [7, 11) is -2.30. The van der Waals surface area contributed by atoms with Crippen molar-refractivity contribution in [1.29, 1.82) is 0 Å². The van der Waals surface area contributed by atoms with Gasteiger partial charge < -0.3 is 15.8 Å². The molecule has 1 amide bonds. The maximum Gasteiger partial charge on any atom is 0.244 e. The Balaban J connectivity index is 0.00000312. The van der Waals surface area contributed by atoms with Gasteiger partial charge >= 0.3 is 0 Å². The van der Waals surface area contributed by atoms with Crippen molar-refractivity contribution in [2.24, 2.45) is 5.73 Å². The molecule has 1 aliphatic carbocycles. The molecule has 1 saturated carbocycles. The van der Waals surface area contributed by atoms with E-state index in [0.717, 1.165) is 19.3 Å². The average Bonchev–Trinajstić information content (AvgIpc) is 3.30. The monoisotopic (exact) mass is 391 g/mol. The van der Waals surface area contributed by atoms with E-state index in [1.54, 1.807) is 13.0 Å². The number of methoxy groups -OCH3 is 1. The normalized spacial score (nSPS) is 16.5. The fraction of sp³-hybridized carbons (Fsp3) is 0.562. The van der Waals surface area contributed by atoms with Crippen LogP contribution in [0.25, 0.3) is 0 Å². The number of carbonyl (C=O) groups excluding carboxylic acids is 1. The van der Waals surface area contributed by atoms with Crippen LogP contribution in [-0.4, -0.2) is 33.0 Å². The Hall–Kier alpha value is -1.35. The van der Waals surface area contributed by atoms with Crippen LogP contribution in [0, 0.1) is 0 Å². The highest BCUT2D eigenvalue weighted by Gasteiger charge is 2.31. The first-order valence-electron chi connectivity index (χ1n) is 8.00. The van der Waals surface area contributed by atoms with Crippen molar-refractivity contribution in [3.63, 3.8) is 0 Å². The van der Waals surface area contributed by atoms with Crippen LogP contribution >= 0.6 is 12.4 Å². The lowest BCUT2D eigenvalue weighted by Crippen LogP contribution is -2.48. The van der Waals surface area contributed by atoms with Crippen molar-refractivity contribution >= 4 is 34.0 Å². The smallest absolute Gasteiger partial charge is 0.244 e. The summed E-state index contributed by atoms with van der Waals surface area (Å²) in [5, 5.41) is 2.69. The zero-order valence-corrected chi connectivity index (χ0v) is 16.3. The van der Waals surface area contributed by atoms with Crippen molar-refractivity contribution in [3.05, 3.63) is 18.2 Å². The molecule has 9 heteroatoms. The van der Waals surface area contributed by atoms with E-state index in [1.165, 1.54) is 19.2 Å². The van der Waals surface area contributed by atoms with Gasteiger partial charge in [-0.1, -0.05) is 13.3 Å². The summed E-state index contributed by atoms with van der Waals surface area (Å²) in [6.45, 7) is 3.60. The van der Waals surface area contributed by atoms with E-state index in [2.05, 4.69) is 10.0 Å². The Morgan fingerprint density at radius 2 is 2.04 bits per heavy atom. The fourth-order valence-electron chi connectivity index (χ4n) is 2.36. The summed E-state index contributed by atoms with van der Waals surface area (Å²) in [5.74, 6) is -0.127. The summed E-state index contributed by atoms with van der Waals surface area (Å²) in [4.78, 5) is 12.3. The van der Waals surface area contributed by atoms with Crippen LogP contribution in [0.15, 0.2) is 23.1 Å². The lowest BCUT2D eigenvalue weighted by Gasteiger charge is -2.23. The standard InChI is InChI=1S/C16H25N3O4S.ClH/c1-4-9-16(2,17)15(20)18-12-7-8-13(23-3)14(10-12)24(21,22)19-11-5-6-11;/h7-8,10-11,19H,4-6,9,17H2,1-3H3,(H,18,20);1H. The zero-order valence-electron chi connectivity index (χ0n) is 14.7. The first-order chi connectivity index (χ1) is 11.2. The first kappa shape index (κ1) is 21.7. The van der Waals surface area contributed by atoms with Crippen molar-refractivity contribution in [2.75, 3.05) is 12.4 Å². The molecule has 1 aromatic rings. The summed E-state index contributed by atoms with van der Waals surface area (Å²) in [6.07, 6.45) is 2.97. The molecule has 1 unspecified atom stereocenters. The Morgan fingerprint density at radius 1 is 1.40 bits per heavy atom. The zero-order chi connectivity index (χ0) is 18.0. The molecule has 0 bridgehead atoms. The second-order valence-electron chi connectivity index (χ2n) is 6.38. The number of hydrogen-bond donors (Lipinski definition) is 3. The van der Waals surface area contributed by atoms with Gasteiger partial charge in [0, 0.05) is 11.7 Å². The molecule has 142 valence electrons. The number of nitrogens with two attached hydrogens (primary N) is 1. The molecule has 1 fully saturated rings. The third-order valence-electron chi connectivity index (χ3n) is 3.90. The summed E-state index contributed by atoms with van der Waals surface area (Å²) in [5.41, 5.74) is 5.36. The Morgan fingerprint density at radius 3 is 2.56 bits per heavy atom. The number of sulfonamides is 1. The summed E-state index contributed by atoms with van der Waals surface area (Å²) < 4.78 is 32.7. The highest BCUT2D eigenvalue weighted by atomic mass is 35.5. The minimum absolute atomic E-state index is 0. The number of amides is 1. The molecule has 1 atom stereocenters. The Kier molecular flexibility index (Phi) is 7.25. The van der Waals surface area contributed by atoms with Crippen LogP contribution in [0.2, 0.25) is 0 Å². The van der Waals surface area contributed by atoms with Crippen LogP contribution in [0.1, 0.15) is 39.5 Å². The molecule has 0 spiro atoms. The van der Waals surface area contributed by atoms with Crippen LogP contribution < -0.4 is 20.5 Å². The molecule has 0 aliphatic heterocycles. The van der Waals surface area contributed by atoms with Gasteiger partial charge in [-0.05, 0) is 44.4 Å². The summed E-state index contributed by atoms with van der Waals surface area (Å²) >= 11 is 0. The van der Waals surface area contributed by atoms with E-state index in [4.69, 9.17) is 10.5 Å². The second-order valence-corrected chi connectivity index (χ2v) is 8.07. The predicted molar refractivity (Wildman–Crippen MR) is 99.7 cm³/mol. The minimum atomic E-state index is -3.70. The highest BCUT2D eigenvalue weighted by Crippen LogP contribution is 2.30. The van der Waals surface area contributed by atoms with Crippen molar-refractivity contribution in [3.8, 4) is 5.75 Å². The molecular formula is C16H26ClN3O4S. The van der Waals surface area contributed by atoms with Crippen molar-refractivity contribution in [1.82, 2.24) is 4.72 Å².